The molecule has 1 aliphatic heterocycles. The fourth-order valence-electron chi connectivity index (χ4n) is 1.95. The molecule has 0 saturated carbocycles. The highest BCUT2D eigenvalue weighted by atomic mass is 19.1. The van der Waals surface area contributed by atoms with Crippen LogP contribution in [0.4, 0.5) is 10.1 Å². The molecule has 0 saturated heterocycles. The van der Waals surface area contributed by atoms with Gasteiger partial charge in [-0.3, -0.25) is 4.79 Å². The minimum Gasteiger partial charge on any atom is -0.392 e. The zero-order valence-corrected chi connectivity index (χ0v) is 9.83. The fraction of sp³-hybridized carbons (Fsp3) is 0.385. The van der Waals surface area contributed by atoms with E-state index in [9.17, 15) is 9.18 Å². The van der Waals surface area contributed by atoms with Crippen molar-refractivity contribution in [3.8, 4) is 0 Å². The van der Waals surface area contributed by atoms with Crippen molar-refractivity contribution in [2.75, 3.05) is 0 Å². The van der Waals surface area contributed by atoms with Gasteiger partial charge in [0.1, 0.15) is 5.82 Å². The monoisotopic (exact) mass is 235 g/mol. The molecular formula is C13H14FNO2. The lowest BCUT2D eigenvalue weighted by Gasteiger charge is -2.18. The maximum Gasteiger partial charge on any atom is 0.181 e. The number of carbonyl (C=O) groups is 1. The number of aliphatic hydroxyl groups is 1. The van der Waals surface area contributed by atoms with E-state index in [1.807, 2.05) is 13.8 Å². The Balaban J connectivity index is 2.56. The topological polar surface area (TPSA) is 49.7 Å². The van der Waals surface area contributed by atoms with Crippen molar-refractivity contribution in [2.45, 2.75) is 26.9 Å². The first-order valence-corrected chi connectivity index (χ1v) is 5.57. The van der Waals surface area contributed by atoms with Crippen LogP contribution in [-0.2, 0) is 17.8 Å². The zero-order chi connectivity index (χ0) is 12.6. The number of ketones is 1. The Morgan fingerprint density at radius 3 is 2.76 bits per heavy atom. The van der Waals surface area contributed by atoms with Crippen LogP contribution in [0.15, 0.2) is 17.1 Å². The van der Waals surface area contributed by atoms with Crippen molar-refractivity contribution in [3.05, 3.63) is 29.1 Å². The summed E-state index contributed by atoms with van der Waals surface area (Å²) in [6.45, 7) is 3.41. The van der Waals surface area contributed by atoms with Gasteiger partial charge in [0.25, 0.3) is 0 Å². The van der Waals surface area contributed by atoms with Crippen LogP contribution in [0.5, 0.6) is 0 Å². The molecule has 4 heteroatoms. The summed E-state index contributed by atoms with van der Waals surface area (Å²) in [5, 5.41) is 8.97. The smallest absolute Gasteiger partial charge is 0.181 e. The Labute approximate surface area is 99.0 Å². The first kappa shape index (κ1) is 11.9. The molecule has 0 aromatic heterocycles. The van der Waals surface area contributed by atoms with Crippen LogP contribution in [0.25, 0.3) is 0 Å². The molecule has 3 nitrogen and oxygen atoms in total. The van der Waals surface area contributed by atoms with E-state index < -0.39 is 5.82 Å². The van der Waals surface area contributed by atoms with Crippen LogP contribution in [0, 0.1) is 11.7 Å². The van der Waals surface area contributed by atoms with Gasteiger partial charge in [-0.1, -0.05) is 19.9 Å². The van der Waals surface area contributed by atoms with Gasteiger partial charge in [0.05, 0.1) is 18.0 Å². The van der Waals surface area contributed by atoms with Gasteiger partial charge in [-0.05, 0) is 12.0 Å². The van der Waals surface area contributed by atoms with Gasteiger partial charge >= 0.3 is 0 Å². The predicted molar refractivity (Wildman–Crippen MR) is 63.0 cm³/mol. The number of benzene rings is 1. The van der Waals surface area contributed by atoms with Gasteiger partial charge in [-0.2, -0.15) is 0 Å². The third kappa shape index (κ3) is 2.00. The number of aliphatic imine (C=N–C) groups is 1. The van der Waals surface area contributed by atoms with Crippen LogP contribution in [0.2, 0.25) is 0 Å². The number of hydrogen-bond donors (Lipinski definition) is 1. The van der Waals surface area contributed by atoms with Crippen LogP contribution in [0.1, 0.15) is 25.0 Å². The summed E-state index contributed by atoms with van der Waals surface area (Å²) in [5.74, 6) is -0.609. The molecule has 1 aromatic rings. The molecule has 1 heterocycles. The Morgan fingerprint density at radius 2 is 2.18 bits per heavy atom. The Bertz CT molecular complexity index is 506. The summed E-state index contributed by atoms with van der Waals surface area (Å²) in [6, 6.07) is 3.16. The number of halogens is 1. The molecule has 0 fully saturated rings. The molecule has 0 radical (unpaired) electrons. The average molecular weight is 235 g/mol. The summed E-state index contributed by atoms with van der Waals surface area (Å²) >= 11 is 0. The number of fused-ring (bicyclic) bond motifs is 1. The molecule has 0 spiro atoms. The third-order valence-electron chi connectivity index (χ3n) is 2.88. The van der Waals surface area contributed by atoms with Crippen LogP contribution in [0.3, 0.4) is 0 Å². The van der Waals surface area contributed by atoms with Gasteiger partial charge in [-0.25, -0.2) is 9.38 Å². The van der Waals surface area contributed by atoms with E-state index >= 15 is 0 Å². The standard InChI is InChI=1S/C13H14FNO2/c1-7(2)13-11(17)5-9-10(15-13)4-3-8(6-16)12(9)14/h3-4,7,16H,5-6H2,1-2H3. The minimum atomic E-state index is -0.509. The van der Waals surface area contributed by atoms with E-state index in [0.29, 0.717) is 17.0 Å². The number of carbonyl (C=O) groups excluding carboxylic acids is 1. The molecule has 0 atom stereocenters. The van der Waals surface area contributed by atoms with Gasteiger partial charge in [0.15, 0.2) is 5.78 Å². The molecule has 1 aliphatic rings. The van der Waals surface area contributed by atoms with E-state index in [1.54, 1.807) is 6.07 Å². The van der Waals surface area contributed by atoms with Crippen LogP contribution < -0.4 is 0 Å². The lowest BCUT2D eigenvalue weighted by Crippen LogP contribution is -2.25. The number of hydrogen-bond acceptors (Lipinski definition) is 3. The van der Waals surface area contributed by atoms with Crippen molar-refractivity contribution in [1.29, 1.82) is 0 Å². The summed E-state index contributed by atoms with van der Waals surface area (Å²) in [6.07, 6.45) is 0.0337. The quantitative estimate of drug-likeness (QED) is 0.854. The van der Waals surface area contributed by atoms with Crippen molar-refractivity contribution in [3.63, 3.8) is 0 Å². The molecule has 0 amide bonds. The average Bonchev–Trinajstić information content (AvgIpc) is 2.29. The van der Waals surface area contributed by atoms with Gasteiger partial charge in [0.2, 0.25) is 0 Å². The molecule has 1 aromatic carbocycles. The number of rotatable bonds is 2. The molecule has 90 valence electrons. The second kappa shape index (κ2) is 4.37. The van der Waals surface area contributed by atoms with Crippen molar-refractivity contribution in [2.24, 2.45) is 10.9 Å². The predicted octanol–water partition coefficient (Wildman–Crippen LogP) is 2.17. The normalized spacial score (nSPS) is 14.9. The fourth-order valence-corrected chi connectivity index (χ4v) is 1.95. The van der Waals surface area contributed by atoms with Crippen molar-refractivity contribution < 1.29 is 14.3 Å². The lowest BCUT2D eigenvalue weighted by molar-refractivity contribution is -0.112. The number of nitrogens with zero attached hydrogens (tertiary/aromatic N) is 1. The number of Topliss-reactive ketones (excluding diaryl/α,β-unsaturated/α-hetero) is 1. The van der Waals surface area contributed by atoms with Crippen LogP contribution >= 0.6 is 0 Å². The third-order valence-corrected chi connectivity index (χ3v) is 2.88. The summed E-state index contributed by atoms with van der Waals surface area (Å²) < 4.78 is 13.9. The molecule has 0 unspecified atom stereocenters. The first-order chi connectivity index (χ1) is 8.04. The highest BCUT2D eigenvalue weighted by Gasteiger charge is 2.25. The van der Waals surface area contributed by atoms with E-state index in [2.05, 4.69) is 4.99 Å². The second-order valence-corrected chi connectivity index (χ2v) is 4.45. The van der Waals surface area contributed by atoms with Crippen molar-refractivity contribution >= 4 is 17.2 Å². The van der Waals surface area contributed by atoms with Crippen molar-refractivity contribution in [1.82, 2.24) is 0 Å². The Hall–Kier alpha value is -1.55. The molecule has 0 bridgehead atoms. The summed E-state index contributed by atoms with van der Waals surface area (Å²) in [4.78, 5) is 16.0. The Kier molecular flexibility index (Phi) is 3.07. The second-order valence-electron chi connectivity index (χ2n) is 4.45. The minimum absolute atomic E-state index is 0.0337. The number of aliphatic hydroxyl groups excluding tert-OH is 1. The van der Waals surface area contributed by atoms with E-state index in [0.717, 1.165) is 0 Å². The molecule has 1 N–H and O–H groups in total. The lowest BCUT2D eigenvalue weighted by atomic mass is 9.93. The maximum absolute atomic E-state index is 13.9. The van der Waals surface area contributed by atoms with Gasteiger partial charge in [0, 0.05) is 17.5 Å². The van der Waals surface area contributed by atoms with Crippen LogP contribution in [-0.4, -0.2) is 16.6 Å². The highest BCUT2D eigenvalue weighted by Crippen LogP contribution is 2.30. The maximum atomic E-state index is 13.9. The van der Waals surface area contributed by atoms with E-state index in [1.165, 1.54) is 6.07 Å². The highest BCUT2D eigenvalue weighted by molar-refractivity contribution is 6.42. The molecule has 17 heavy (non-hydrogen) atoms. The molecule has 2 rings (SSSR count). The Morgan fingerprint density at radius 1 is 1.47 bits per heavy atom. The van der Waals surface area contributed by atoms with E-state index in [4.69, 9.17) is 5.11 Å². The van der Waals surface area contributed by atoms with Gasteiger partial charge < -0.3 is 5.11 Å². The summed E-state index contributed by atoms with van der Waals surface area (Å²) in [7, 11) is 0. The zero-order valence-electron chi connectivity index (χ0n) is 9.83. The SMILES string of the molecule is CC(C)C1=Nc2ccc(CO)c(F)c2CC1=O. The molecular weight excluding hydrogens is 221 g/mol. The summed E-state index contributed by atoms with van der Waals surface area (Å²) in [5.41, 5.74) is 1.50. The first-order valence-electron chi connectivity index (χ1n) is 5.57. The van der Waals surface area contributed by atoms with Gasteiger partial charge in [-0.15, -0.1) is 0 Å². The largest absolute Gasteiger partial charge is 0.392 e. The van der Waals surface area contributed by atoms with E-state index in [-0.39, 0.29) is 30.3 Å². The molecule has 0 aliphatic carbocycles.